The number of rotatable bonds is 5. The van der Waals surface area contributed by atoms with Crippen molar-refractivity contribution in [2.24, 2.45) is 5.73 Å². The van der Waals surface area contributed by atoms with Crippen LogP contribution in [-0.2, 0) is 6.54 Å². The van der Waals surface area contributed by atoms with E-state index in [1.54, 1.807) is 10.7 Å². The largest absolute Gasteiger partial charge is 0.365 e. The van der Waals surface area contributed by atoms with Gasteiger partial charge in [0.1, 0.15) is 5.56 Å². The van der Waals surface area contributed by atoms with Crippen LogP contribution in [0, 0.1) is 0 Å². The molecule has 0 bridgehead atoms. The van der Waals surface area contributed by atoms with E-state index in [0.717, 1.165) is 44.6 Å². The van der Waals surface area contributed by atoms with Crippen LogP contribution in [-0.4, -0.2) is 55.8 Å². The molecule has 2 aromatic heterocycles. The van der Waals surface area contributed by atoms with Gasteiger partial charge < -0.3 is 10.6 Å². The summed E-state index contributed by atoms with van der Waals surface area (Å²) in [6, 6.07) is 9.81. The molecule has 8 nitrogen and oxygen atoms in total. The lowest BCUT2D eigenvalue weighted by atomic mass is 9.97. The molecule has 0 unspecified atom stereocenters. The van der Waals surface area contributed by atoms with Crippen LogP contribution in [0.5, 0.6) is 0 Å². The molecule has 2 saturated heterocycles. The van der Waals surface area contributed by atoms with Crippen molar-refractivity contribution in [3.63, 3.8) is 0 Å². The van der Waals surface area contributed by atoms with Crippen molar-refractivity contribution in [2.75, 3.05) is 19.6 Å². The highest BCUT2D eigenvalue weighted by Crippen LogP contribution is 2.32. The minimum absolute atomic E-state index is 0.0245. The summed E-state index contributed by atoms with van der Waals surface area (Å²) in [7, 11) is 0. The second kappa shape index (κ2) is 9.31. The Morgan fingerprint density at radius 2 is 1.73 bits per heavy atom. The predicted molar refractivity (Wildman–Crippen MR) is 125 cm³/mol. The van der Waals surface area contributed by atoms with Gasteiger partial charge in [-0.05, 0) is 69.0 Å². The monoisotopic (exact) mass is 446 g/mol. The molecule has 0 spiro atoms. The summed E-state index contributed by atoms with van der Waals surface area (Å²) in [5.74, 6) is -0.535. The Morgan fingerprint density at radius 3 is 2.48 bits per heavy atom. The van der Waals surface area contributed by atoms with Crippen molar-refractivity contribution in [3.8, 4) is 0 Å². The number of amides is 2. The Kier molecular flexibility index (Phi) is 6.09. The molecule has 0 radical (unpaired) electrons. The normalized spacial score (nSPS) is 19.6. The van der Waals surface area contributed by atoms with Crippen molar-refractivity contribution in [2.45, 2.75) is 51.1 Å². The third-order valence-electron chi connectivity index (χ3n) is 6.86. The number of benzene rings is 1. The summed E-state index contributed by atoms with van der Waals surface area (Å²) in [5, 5.41) is 4.36. The first-order valence-corrected chi connectivity index (χ1v) is 11.9. The zero-order valence-corrected chi connectivity index (χ0v) is 18.8. The molecule has 2 amide bonds. The molecular formula is C25H30N6O2. The average molecular weight is 447 g/mol. The molecule has 2 aliphatic rings. The summed E-state index contributed by atoms with van der Waals surface area (Å²) >= 11 is 0. The Labute approximate surface area is 193 Å². The maximum absolute atomic E-state index is 13.5. The van der Waals surface area contributed by atoms with E-state index in [0.29, 0.717) is 17.8 Å². The smallest absolute Gasteiger partial charge is 0.254 e. The van der Waals surface area contributed by atoms with Crippen LogP contribution in [0.15, 0.2) is 42.7 Å². The zero-order chi connectivity index (χ0) is 22.8. The summed E-state index contributed by atoms with van der Waals surface area (Å²) in [4.78, 5) is 34.0. The number of carbonyl (C=O) groups excluding carboxylic acids is 2. The van der Waals surface area contributed by atoms with Crippen molar-refractivity contribution in [1.29, 1.82) is 0 Å². The molecule has 1 aromatic carbocycles. The molecule has 2 fully saturated rings. The predicted octanol–water partition coefficient (Wildman–Crippen LogP) is 3.18. The Hall–Kier alpha value is -3.26. The maximum Gasteiger partial charge on any atom is 0.254 e. The molecule has 3 aromatic rings. The summed E-state index contributed by atoms with van der Waals surface area (Å²) in [6.45, 7) is 3.94. The van der Waals surface area contributed by atoms with E-state index in [9.17, 15) is 9.59 Å². The maximum atomic E-state index is 13.5. The lowest BCUT2D eigenvalue weighted by molar-refractivity contribution is 0.0603. The second-order valence-corrected chi connectivity index (χ2v) is 9.07. The molecule has 5 rings (SSSR count). The molecule has 0 saturated carbocycles. The molecule has 2 N–H and O–H groups in total. The number of nitrogens with two attached hydrogens (primary N) is 1. The van der Waals surface area contributed by atoms with Gasteiger partial charge in [0.05, 0.1) is 17.9 Å². The number of carbonyl (C=O) groups is 2. The lowest BCUT2D eigenvalue weighted by Crippen LogP contribution is -2.39. The third-order valence-corrected chi connectivity index (χ3v) is 6.86. The molecule has 2 aliphatic heterocycles. The first-order valence-electron chi connectivity index (χ1n) is 11.9. The standard InChI is InChI=1S/C25H30N6O2/c26-23(32)20-16-28-31-22(11-12-27-24(20)31)21-6-2-5-15-30(21)25(33)19-9-7-18(8-10-19)17-29-13-3-1-4-14-29/h7-12,16,21H,1-6,13-15,17H2,(H2,26,32)/t21-/m1/s1. The van der Waals surface area contributed by atoms with Crippen molar-refractivity contribution in [3.05, 3.63) is 65.1 Å². The van der Waals surface area contributed by atoms with E-state index >= 15 is 0 Å². The van der Waals surface area contributed by atoms with Crippen molar-refractivity contribution < 1.29 is 9.59 Å². The highest BCUT2D eigenvalue weighted by Gasteiger charge is 2.31. The number of hydrogen-bond acceptors (Lipinski definition) is 5. The van der Waals surface area contributed by atoms with E-state index in [1.807, 2.05) is 23.1 Å². The van der Waals surface area contributed by atoms with E-state index in [2.05, 4.69) is 27.1 Å². The number of aromatic nitrogens is 3. The van der Waals surface area contributed by atoms with Crippen LogP contribution in [0.1, 0.15) is 76.5 Å². The van der Waals surface area contributed by atoms with Gasteiger partial charge in [-0.25, -0.2) is 9.50 Å². The molecule has 8 heteroatoms. The SMILES string of the molecule is NC(=O)c1cnn2c([C@H]3CCCCN3C(=O)c3ccc(CN4CCCCC4)cc3)ccnc12. The van der Waals surface area contributed by atoms with E-state index in [-0.39, 0.29) is 17.5 Å². The van der Waals surface area contributed by atoms with Crippen LogP contribution in [0.2, 0.25) is 0 Å². The van der Waals surface area contributed by atoms with Gasteiger partial charge in [0.25, 0.3) is 11.8 Å². The van der Waals surface area contributed by atoms with Crippen molar-refractivity contribution >= 4 is 17.5 Å². The van der Waals surface area contributed by atoms with Crippen LogP contribution in [0.25, 0.3) is 5.65 Å². The van der Waals surface area contributed by atoms with E-state index in [1.165, 1.54) is 31.0 Å². The van der Waals surface area contributed by atoms with Gasteiger partial charge in [-0.1, -0.05) is 18.6 Å². The number of fused-ring (bicyclic) bond motifs is 1. The number of hydrogen-bond donors (Lipinski definition) is 1. The number of piperidine rings is 2. The quantitative estimate of drug-likeness (QED) is 0.649. The minimum Gasteiger partial charge on any atom is -0.365 e. The number of primary amides is 1. The third kappa shape index (κ3) is 4.35. The fraction of sp³-hybridized carbons (Fsp3) is 0.440. The second-order valence-electron chi connectivity index (χ2n) is 9.07. The Morgan fingerprint density at radius 1 is 0.970 bits per heavy atom. The van der Waals surface area contributed by atoms with Crippen LogP contribution in [0.4, 0.5) is 0 Å². The Balaban J connectivity index is 1.38. The molecule has 0 aliphatic carbocycles. The van der Waals surface area contributed by atoms with Gasteiger partial charge >= 0.3 is 0 Å². The lowest BCUT2D eigenvalue weighted by Gasteiger charge is -2.36. The molecule has 172 valence electrons. The molecule has 33 heavy (non-hydrogen) atoms. The average Bonchev–Trinajstić information content (AvgIpc) is 3.30. The van der Waals surface area contributed by atoms with Gasteiger partial charge in [-0.15, -0.1) is 0 Å². The first kappa shape index (κ1) is 21.6. The minimum atomic E-state index is -0.559. The van der Waals surface area contributed by atoms with Gasteiger partial charge in [0, 0.05) is 24.8 Å². The van der Waals surface area contributed by atoms with Crippen molar-refractivity contribution in [1.82, 2.24) is 24.4 Å². The Bertz CT molecular complexity index is 1150. The summed E-state index contributed by atoms with van der Waals surface area (Å²) in [5.41, 5.74) is 8.99. The summed E-state index contributed by atoms with van der Waals surface area (Å²) in [6.07, 6.45) is 9.80. The number of nitrogens with zero attached hydrogens (tertiary/aromatic N) is 5. The first-order chi connectivity index (χ1) is 16.1. The van der Waals surface area contributed by atoms with Gasteiger partial charge in [-0.3, -0.25) is 14.5 Å². The highest BCUT2D eigenvalue weighted by molar-refractivity contribution is 5.98. The van der Waals surface area contributed by atoms with Gasteiger partial charge in [0.2, 0.25) is 0 Å². The topological polar surface area (TPSA) is 96.8 Å². The number of likely N-dealkylation sites (tertiary alicyclic amines) is 2. The molecule has 4 heterocycles. The van der Waals surface area contributed by atoms with Gasteiger partial charge in [-0.2, -0.15) is 5.10 Å². The van der Waals surface area contributed by atoms with Crippen LogP contribution < -0.4 is 5.73 Å². The van der Waals surface area contributed by atoms with E-state index < -0.39 is 5.91 Å². The van der Waals surface area contributed by atoms with Crippen LogP contribution in [0.3, 0.4) is 0 Å². The fourth-order valence-corrected chi connectivity index (χ4v) is 5.11. The van der Waals surface area contributed by atoms with E-state index in [4.69, 9.17) is 5.73 Å². The fourth-order valence-electron chi connectivity index (χ4n) is 5.11. The van der Waals surface area contributed by atoms with Crippen LogP contribution >= 0.6 is 0 Å². The summed E-state index contributed by atoms with van der Waals surface area (Å²) < 4.78 is 1.65. The highest BCUT2D eigenvalue weighted by atomic mass is 16.2. The molecule has 1 atom stereocenters. The zero-order valence-electron chi connectivity index (χ0n) is 18.8. The molecular weight excluding hydrogens is 416 g/mol. The van der Waals surface area contributed by atoms with Gasteiger partial charge in [0.15, 0.2) is 5.65 Å².